The Bertz CT molecular complexity index is 1230. The standard InChI is InChI=1S/C23H20N4O2S2/c1-3-10-27-21(17-8-9-19-20(11-17)29-14-28-19)25-26-23(27)31-13-18-12-30-22(24-18)16-6-4-15(2)5-7-16/h3-9,11-12H,1,10,13-14H2,2H3. The van der Waals surface area contributed by atoms with Crippen LogP contribution >= 0.6 is 23.1 Å². The van der Waals surface area contributed by atoms with Crippen molar-refractivity contribution in [1.29, 1.82) is 0 Å². The third-order valence-corrected chi connectivity index (χ3v) is 6.80. The van der Waals surface area contributed by atoms with Gasteiger partial charge in [-0.1, -0.05) is 47.7 Å². The number of aryl methyl sites for hydroxylation is 1. The molecule has 1 aliphatic rings. The zero-order valence-electron chi connectivity index (χ0n) is 16.9. The maximum Gasteiger partial charge on any atom is 0.231 e. The Hall–Kier alpha value is -3.10. The van der Waals surface area contributed by atoms with Crippen molar-refractivity contribution >= 4 is 23.1 Å². The lowest BCUT2D eigenvalue weighted by Gasteiger charge is -2.08. The van der Waals surface area contributed by atoms with Crippen LogP contribution in [0.1, 0.15) is 11.3 Å². The van der Waals surface area contributed by atoms with Crippen molar-refractivity contribution in [1.82, 2.24) is 19.7 Å². The quantitative estimate of drug-likeness (QED) is 0.272. The third-order valence-electron chi connectivity index (χ3n) is 4.86. The average molecular weight is 449 g/mol. The Labute approximate surface area is 188 Å². The number of thioether (sulfide) groups is 1. The number of thiazole rings is 1. The first-order chi connectivity index (χ1) is 15.2. The first-order valence-corrected chi connectivity index (χ1v) is 11.7. The number of ether oxygens (including phenoxy) is 2. The number of hydrogen-bond donors (Lipinski definition) is 0. The molecule has 0 saturated carbocycles. The molecule has 2 aromatic heterocycles. The molecule has 8 heteroatoms. The second-order valence-electron chi connectivity index (χ2n) is 7.07. The Morgan fingerprint density at radius 2 is 1.90 bits per heavy atom. The smallest absolute Gasteiger partial charge is 0.231 e. The molecule has 0 saturated heterocycles. The lowest BCUT2D eigenvalue weighted by Crippen LogP contribution is -2.00. The van der Waals surface area contributed by atoms with E-state index in [9.17, 15) is 0 Å². The molecule has 0 radical (unpaired) electrons. The fourth-order valence-electron chi connectivity index (χ4n) is 3.28. The van der Waals surface area contributed by atoms with E-state index in [0.717, 1.165) is 50.1 Å². The van der Waals surface area contributed by atoms with Gasteiger partial charge in [-0.05, 0) is 25.1 Å². The van der Waals surface area contributed by atoms with Gasteiger partial charge in [0.05, 0.1) is 5.69 Å². The van der Waals surface area contributed by atoms with Gasteiger partial charge in [-0.15, -0.1) is 28.1 Å². The van der Waals surface area contributed by atoms with Gasteiger partial charge in [-0.2, -0.15) is 0 Å². The van der Waals surface area contributed by atoms with Crippen LogP contribution in [0.5, 0.6) is 11.5 Å². The van der Waals surface area contributed by atoms with Gasteiger partial charge in [0.1, 0.15) is 5.01 Å². The highest BCUT2D eigenvalue weighted by Crippen LogP contribution is 2.36. The topological polar surface area (TPSA) is 62.1 Å². The average Bonchev–Trinajstić information content (AvgIpc) is 3.52. The van der Waals surface area contributed by atoms with Crippen LogP contribution in [0.2, 0.25) is 0 Å². The van der Waals surface area contributed by atoms with Gasteiger partial charge in [0, 0.05) is 28.8 Å². The second kappa shape index (κ2) is 8.56. The molecule has 31 heavy (non-hydrogen) atoms. The molecule has 2 aromatic carbocycles. The van der Waals surface area contributed by atoms with Crippen LogP contribution in [0, 0.1) is 6.92 Å². The molecular weight excluding hydrogens is 428 g/mol. The van der Waals surface area contributed by atoms with Crippen LogP contribution in [0.25, 0.3) is 22.0 Å². The highest BCUT2D eigenvalue weighted by molar-refractivity contribution is 7.98. The van der Waals surface area contributed by atoms with Crippen molar-refractivity contribution in [3.05, 3.63) is 71.8 Å². The highest BCUT2D eigenvalue weighted by atomic mass is 32.2. The van der Waals surface area contributed by atoms with Crippen LogP contribution in [-0.2, 0) is 12.3 Å². The molecule has 0 bridgehead atoms. The maximum atomic E-state index is 5.51. The zero-order chi connectivity index (χ0) is 21.2. The number of rotatable bonds is 7. The van der Waals surface area contributed by atoms with Crippen LogP contribution in [0.3, 0.4) is 0 Å². The Balaban J connectivity index is 1.35. The molecule has 4 aromatic rings. The summed E-state index contributed by atoms with van der Waals surface area (Å²) in [4.78, 5) is 4.79. The summed E-state index contributed by atoms with van der Waals surface area (Å²) in [5.41, 5.74) is 4.35. The first kappa shape index (κ1) is 19.8. The van der Waals surface area contributed by atoms with E-state index in [0.29, 0.717) is 6.54 Å². The SMILES string of the molecule is C=CCn1c(SCc2csc(-c3ccc(C)cc3)n2)nnc1-c1ccc2c(c1)OCO2. The molecular formula is C23H20N4O2S2. The van der Waals surface area contributed by atoms with Crippen molar-refractivity contribution < 1.29 is 9.47 Å². The Kier molecular flexibility index (Phi) is 5.48. The van der Waals surface area contributed by atoms with Gasteiger partial charge < -0.3 is 9.47 Å². The monoisotopic (exact) mass is 448 g/mol. The Morgan fingerprint density at radius 1 is 1.10 bits per heavy atom. The number of fused-ring (bicyclic) bond motifs is 1. The summed E-state index contributed by atoms with van der Waals surface area (Å²) >= 11 is 3.28. The van der Waals surface area contributed by atoms with Crippen LogP contribution in [-0.4, -0.2) is 26.5 Å². The largest absolute Gasteiger partial charge is 0.454 e. The summed E-state index contributed by atoms with van der Waals surface area (Å²) in [6.45, 7) is 6.84. The maximum absolute atomic E-state index is 5.51. The molecule has 6 nitrogen and oxygen atoms in total. The second-order valence-corrected chi connectivity index (χ2v) is 8.87. The first-order valence-electron chi connectivity index (χ1n) is 9.79. The number of nitrogens with zero attached hydrogens (tertiary/aromatic N) is 4. The number of allylic oxidation sites excluding steroid dienone is 1. The number of aromatic nitrogens is 4. The van der Waals surface area contributed by atoms with Crippen molar-refractivity contribution in [2.24, 2.45) is 0 Å². The molecule has 1 aliphatic heterocycles. The van der Waals surface area contributed by atoms with Gasteiger partial charge in [0.15, 0.2) is 22.5 Å². The Morgan fingerprint density at radius 3 is 2.74 bits per heavy atom. The molecule has 0 unspecified atom stereocenters. The van der Waals surface area contributed by atoms with Crippen molar-refractivity contribution in [2.45, 2.75) is 24.4 Å². The molecule has 0 fully saturated rings. The molecule has 156 valence electrons. The summed E-state index contributed by atoms with van der Waals surface area (Å²) < 4.78 is 13.0. The molecule has 0 aliphatic carbocycles. The summed E-state index contributed by atoms with van der Waals surface area (Å²) in [6, 6.07) is 14.3. The van der Waals surface area contributed by atoms with E-state index in [4.69, 9.17) is 14.5 Å². The lowest BCUT2D eigenvalue weighted by molar-refractivity contribution is 0.174. The van der Waals surface area contributed by atoms with Crippen molar-refractivity contribution in [2.75, 3.05) is 6.79 Å². The van der Waals surface area contributed by atoms with Gasteiger partial charge in [-0.3, -0.25) is 4.57 Å². The molecule has 0 N–H and O–H groups in total. The van der Waals surface area contributed by atoms with Crippen molar-refractivity contribution in [3.63, 3.8) is 0 Å². The lowest BCUT2D eigenvalue weighted by atomic mass is 10.2. The van der Waals surface area contributed by atoms with Crippen LogP contribution < -0.4 is 9.47 Å². The summed E-state index contributed by atoms with van der Waals surface area (Å²) in [5.74, 6) is 2.98. The van der Waals surface area contributed by atoms with E-state index >= 15 is 0 Å². The number of hydrogen-bond acceptors (Lipinski definition) is 7. The van der Waals surface area contributed by atoms with E-state index in [-0.39, 0.29) is 6.79 Å². The molecule has 3 heterocycles. The minimum atomic E-state index is 0.247. The number of benzene rings is 2. The highest BCUT2D eigenvalue weighted by Gasteiger charge is 2.19. The molecule has 0 spiro atoms. The summed E-state index contributed by atoms with van der Waals surface area (Å²) in [7, 11) is 0. The minimum absolute atomic E-state index is 0.247. The summed E-state index contributed by atoms with van der Waals surface area (Å²) in [5, 5.41) is 12.8. The molecule has 0 atom stereocenters. The fraction of sp³-hybridized carbons (Fsp3) is 0.174. The summed E-state index contributed by atoms with van der Waals surface area (Å²) in [6.07, 6.45) is 1.85. The predicted molar refractivity (Wildman–Crippen MR) is 124 cm³/mol. The normalized spacial score (nSPS) is 12.3. The van der Waals surface area contributed by atoms with Gasteiger partial charge in [0.2, 0.25) is 6.79 Å². The molecule has 0 amide bonds. The van der Waals surface area contributed by atoms with Gasteiger partial charge in [0.25, 0.3) is 0 Å². The van der Waals surface area contributed by atoms with Crippen LogP contribution in [0.4, 0.5) is 0 Å². The van der Waals surface area contributed by atoms with E-state index < -0.39 is 0 Å². The van der Waals surface area contributed by atoms with E-state index in [1.54, 1.807) is 23.1 Å². The van der Waals surface area contributed by atoms with Crippen molar-refractivity contribution in [3.8, 4) is 33.5 Å². The minimum Gasteiger partial charge on any atom is -0.454 e. The molecule has 5 rings (SSSR count). The van der Waals surface area contributed by atoms with Gasteiger partial charge in [-0.25, -0.2) is 4.98 Å². The van der Waals surface area contributed by atoms with Crippen LogP contribution in [0.15, 0.2) is 65.7 Å². The van der Waals surface area contributed by atoms with E-state index in [2.05, 4.69) is 57.9 Å². The van der Waals surface area contributed by atoms with E-state index in [1.165, 1.54) is 5.56 Å². The predicted octanol–water partition coefficient (Wildman–Crippen LogP) is 5.58. The van der Waals surface area contributed by atoms with E-state index in [1.807, 2.05) is 24.3 Å². The zero-order valence-corrected chi connectivity index (χ0v) is 18.6. The third kappa shape index (κ3) is 4.08. The fourth-order valence-corrected chi connectivity index (χ4v) is 5.05. The van der Waals surface area contributed by atoms with Gasteiger partial charge >= 0.3 is 0 Å².